The fourth-order valence-corrected chi connectivity index (χ4v) is 4.25. The molecule has 158 valence electrons. The Morgan fingerprint density at radius 3 is 2.19 bits per heavy atom. The highest BCUT2D eigenvalue weighted by atomic mass is 16.3. The van der Waals surface area contributed by atoms with Gasteiger partial charge in [0.15, 0.2) is 11.6 Å². The summed E-state index contributed by atoms with van der Waals surface area (Å²) in [6.45, 7) is 4.02. The number of hydrogen-bond acceptors (Lipinski definition) is 4. The molecular formula is C27H26O4. The van der Waals surface area contributed by atoms with E-state index in [-0.39, 0.29) is 45.7 Å². The normalized spacial score (nSPS) is 13.1. The highest BCUT2D eigenvalue weighted by Gasteiger charge is 2.23. The molecule has 0 fully saturated rings. The largest absolute Gasteiger partial charge is 0.507 e. The Bertz CT molecular complexity index is 1170. The number of fused-ring (bicyclic) bond motifs is 1. The minimum Gasteiger partial charge on any atom is -0.507 e. The second-order valence-electron chi connectivity index (χ2n) is 8.47. The van der Waals surface area contributed by atoms with Crippen molar-refractivity contribution in [1.29, 1.82) is 0 Å². The van der Waals surface area contributed by atoms with Crippen molar-refractivity contribution in [2.24, 2.45) is 0 Å². The van der Waals surface area contributed by atoms with E-state index < -0.39 is 0 Å². The summed E-state index contributed by atoms with van der Waals surface area (Å²) in [5.74, 6) is -0.730. The van der Waals surface area contributed by atoms with Crippen molar-refractivity contribution >= 4 is 11.6 Å². The van der Waals surface area contributed by atoms with Gasteiger partial charge in [0.2, 0.25) is 0 Å². The van der Waals surface area contributed by atoms with E-state index in [0.29, 0.717) is 5.56 Å². The zero-order chi connectivity index (χ0) is 22.1. The number of phenols is 2. The summed E-state index contributed by atoms with van der Waals surface area (Å²) in [7, 11) is 0. The maximum Gasteiger partial charge on any atom is 0.197 e. The average molecular weight is 415 g/mol. The Hall–Kier alpha value is -3.40. The highest BCUT2D eigenvalue weighted by molar-refractivity contribution is 6.15. The Kier molecular flexibility index (Phi) is 5.64. The zero-order valence-corrected chi connectivity index (χ0v) is 17.8. The van der Waals surface area contributed by atoms with E-state index in [0.717, 1.165) is 36.8 Å². The van der Waals surface area contributed by atoms with Gasteiger partial charge in [0.1, 0.15) is 11.5 Å². The average Bonchev–Trinajstić information content (AvgIpc) is 2.78. The van der Waals surface area contributed by atoms with Gasteiger partial charge in [0.25, 0.3) is 0 Å². The van der Waals surface area contributed by atoms with Crippen LogP contribution in [0.3, 0.4) is 0 Å². The second kappa shape index (κ2) is 8.38. The Morgan fingerprint density at radius 1 is 0.774 bits per heavy atom. The summed E-state index contributed by atoms with van der Waals surface area (Å²) in [5.41, 5.74) is 4.28. The summed E-state index contributed by atoms with van der Waals surface area (Å²) >= 11 is 0. The van der Waals surface area contributed by atoms with Crippen LogP contribution in [0.1, 0.15) is 81.1 Å². The molecule has 1 aliphatic rings. The molecular weight excluding hydrogens is 388 g/mol. The first-order valence-corrected chi connectivity index (χ1v) is 10.7. The lowest BCUT2D eigenvalue weighted by Gasteiger charge is -2.19. The van der Waals surface area contributed by atoms with Crippen molar-refractivity contribution < 1.29 is 19.8 Å². The molecule has 3 aromatic rings. The number of carbonyl (C=O) groups is 2. The molecule has 0 spiro atoms. The van der Waals surface area contributed by atoms with Gasteiger partial charge in [-0.3, -0.25) is 9.59 Å². The topological polar surface area (TPSA) is 74.6 Å². The van der Waals surface area contributed by atoms with Crippen molar-refractivity contribution in [3.05, 3.63) is 93.5 Å². The summed E-state index contributed by atoms with van der Waals surface area (Å²) in [4.78, 5) is 26.5. The molecule has 0 radical (unpaired) electrons. The van der Waals surface area contributed by atoms with Gasteiger partial charge in [-0.1, -0.05) is 38.1 Å². The van der Waals surface area contributed by atoms with E-state index in [1.54, 1.807) is 18.2 Å². The predicted octanol–water partition coefficient (Wildman–Crippen LogP) is 5.56. The summed E-state index contributed by atoms with van der Waals surface area (Å²) in [6.07, 6.45) is 3.94. The van der Waals surface area contributed by atoms with Crippen LogP contribution in [0.2, 0.25) is 0 Å². The second-order valence-corrected chi connectivity index (χ2v) is 8.47. The third kappa shape index (κ3) is 3.98. The number of carbonyl (C=O) groups excluding carboxylic acids is 2. The molecule has 31 heavy (non-hydrogen) atoms. The quantitative estimate of drug-likeness (QED) is 0.536. The van der Waals surface area contributed by atoms with Crippen molar-refractivity contribution in [2.45, 2.75) is 45.4 Å². The molecule has 2 N–H and O–H groups in total. The molecule has 4 rings (SSSR count). The van der Waals surface area contributed by atoms with E-state index in [1.807, 2.05) is 19.9 Å². The lowest BCUT2D eigenvalue weighted by Crippen LogP contribution is -2.12. The first-order chi connectivity index (χ1) is 14.9. The van der Waals surface area contributed by atoms with Crippen molar-refractivity contribution in [3.63, 3.8) is 0 Å². The number of aryl methyl sites for hydroxylation is 1. The summed E-state index contributed by atoms with van der Waals surface area (Å²) in [6, 6.07) is 15.0. The van der Waals surface area contributed by atoms with Crippen LogP contribution in [0.4, 0.5) is 0 Å². The third-order valence-corrected chi connectivity index (χ3v) is 6.08. The minimum absolute atomic E-state index is 0.101. The number of phenolic OH excluding ortho intramolecular Hbond substituents is 2. The van der Waals surface area contributed by atoms with E-state index in [2.05, 4.69) is 6.07 Å². The molecule has 1 aliphatic carbocycles. The molecule has 0 bridgehead atoms. The van der Waals surface area contributed by atoms with Crippen LogP contribution in [0.25, 0.3) is 0 Å². The van der Waals surface area contributed by atoms with Crippen molar-refractivity contribution in [3.8, 4) is 11.5 Å². The number of benzene rings is 3. The van der Waals surface area contributed by atoms with Gasteiger partial charge in [0.05, 0.1) is 11.1 Å². The first kappa shape index (κ1) is 20.9. The van der Waals surface area contributed by atoms with Crippen LogP contribution in [0.5, 0.6) is 11.5 Å². The molecule has 0 aliphatic heterocycles. The minimum atomic E-state index is -0.385. The maximum absolute atomic E-state index is 13.3. The van der Waals surface area contributed by atoms with E-state index in [1.165, 1.54) is 29.8 Å². The van der Waals surface area contributed by atoms with Gasteiger partial charge in [-0.2, -0.15) is 0 Å². The van der Waals surface area contributed by atoms with Gasteiger partial charge in [0, 0.05) is 11.1 Å². The van der Waals surface area contributed by atoms with Crippen LogP contribution >= 0.6 is 0 Å². The van der Waals surface area contributed by atoms with E-state index in [4.69, 9.17) is 0 Å². The molecule has 0 amide bonds. The van der Waals surface area contributed by atoms with Gasteiger partial charge in [-0.25, -0.2) is 0 Å². The van der Waals surface area contributed by atoms with Gasteiger partial charge < -0.3 is 10.2 Å². The summed E-state index contributed by atoms with van der Waals surface area (Å²) in [5, 5.41) is 20.7. The standard InChI is InChI=1S/C27H26O4/c1-16(2)18-10-12-24(28)22(14-18)26(30)19-11-13-25(29)23(15-19)27(31)21-9-5-7-17-6-3-4-8-20(17)21/h5,7,9-16,28-29H,3-4,6,8H2,1-2H3. The van der Waals surface area contributed by atoms with Crippen LogP contribution in [-0.4, -0.2) is 21.8 Å². The Morgan fingerprint density at radius 2 is 1.45 bits per heavy atom. The third-order valence-electron chi connectivity index (χ3n) is 6.08. The fraction of sp³-hybridized carbons (Fsp3) is 0.259. The lowest BCUT2D eigenvalue weighted by atomic mass is 9.85. The molecule has 0 heterocycles. The number of hydrogen-bond donors (Lipinski definition) is 2. The maximum atomic E-state index is 13.3. The van der Waals surface area contributed by atoms with Crippen LogP contribution in [0, 0.1) is 0 Å². The Labute approximate surface area is 182 Å². The van der Waals surface area contributed by atoms with Crippen molar-refractivity contribution in [1.82, 2.24) is 0 Å². The van der Waals surface area contributed by atoms with Gasteiger partial charge in [-0.05, 0) is 78.6 Å². The van der Waals surface area contributed by atoms with Crippen LogP contribution in [0.15, 0.2) is 54.6 Å². The molecule has 0 atom stereocenters. The fourth-order valence-electron chi connectivity index (χ4n) is 4.25. The highest BCUT2D eigenvalue weighted by Crippen LogP contribution is 2.31. The molecule has 0 unspecified atom stereocenters. The van der Waals surface area contributed by atoms with E-state index >= 15 is 0 Å². The smallest absolute Gasteiger partial charge is 0.197 e. The molecule has 3 aromatic carbocycles. The zero-order valence-electron chi connectivity index (χ0n) is 17.8. The predicted molar refractivity (Wildman–Crippen MR) is 120 cm³/mol. The van der Waals surface area contributed by atoms with Gasteiger partial charge in [-0.15, -0.1) is 0 Å². The monoisotopic (exact) mass is 414 g/mol. The number of ketones is 2. The molecule has 0 aromatic heterocycles. The molecule has 0 saturated heterocycles. The van der Waals surface area contributed by atoms with Crippen molar-refractivity contribution in [2.75, 3.05) is 0 Å². The lowest BCUT2D eigenvalue weighted by molar-refractivity contribution is 0.103. The molecule has 0 saturated carbocycles. The first-order valence-electron chi connectivity index (χ1n) is 10.7. The summed E-state index contributed by atoms with van der Waals surface area (Å²) < 4.78 is 0. The number of aromatic hydroxyl groups is 2. The molecule has 4 nitrogen and oxygen atoms in total. The van der Waals surface area contributed by atoms with Crippen LogP contribution < -0.4 is 0 Å². The SMILES string of the molecule is CC(C)c1ccc(O)c(C(=O)c2ccc(O)c(C(=O)c3cccc4c3CCCC4)c2)c1. The van der Waals surface area contributed by atoms with Crippen LogP contribution in [-0.2, 0) is 12.8 Å². The van der Waals surface area contributed by atoms with Gasteiger partial charge >= 0.3 is 0 Å². The molecule has 4 heteroatoms. The Balaban J connectivity index is 1.74. The van der Waals surface area contributed by atoms with E-state index in [9.17, 15) is 19.8 Å². The number of rotatable bonds is 5.